The van der Waals surface area contributed by atoms with Crippen molar-refractivity contribution >= 4 is 5.96 Å². The van der Waals surface area contributed by atoms with Crippen molar-refractivity contribution in [2.45, 2.75) is 40.0 Å². The van der Waals surface area contributed by atoms with Gasteiger partial charge in [-0.15, -0.1) is 0 Å². The molecule has 1 heterocycles. The summed E-state index contributed by atoms with van der Waals surface area (Å²) < 4.78 is 5.34. The van der Waals surface area contributed by atoms with Crippen LogP contribution in [0.5, 0.6) is 0 Å². The van der Waals surface area contributed by atoms with E-state index < -0.39 is 0 Å². The monoisotopic (exact) mass is 298 g/mol. The molecule has 0 aromatic carbocycles. The lowest BCUT2D eigenvalue weighted by Crippen LogP contribution is -2.40. The number of hydrogen-bond acceptors (Lipinski definition) is 3. The van der Waals surface area contributed by atoms with E-state index >= 15 is 0 Å². The summed E-state index contributed by atoms with van der Waals surface area (Å²) in [5, 5.41) is 6.63. The molecule has 1 saturated heterocycles. The summed E-state index contributed by atoms with van der Waals surface area (Å²) in [5.41, 5.74) is 0. The molecule has 0 aromatic rings. The van der Waals surface area contributed by atoms with Gasteiger partial charge in [-0.3, -0.25) is 4.99 Å². The standard InChI is InChI=1S/C16H34N4O/c1-4-10-20-11-7-15(8-12-20)14-19-16(17-5-2)18-9-13-21-6-3/h15H,4-14H2,1-3H3,(H2,17,18,19). The van der Waals surface area contributed by atoms with Crippen LogP contribution in [-0.2, 0) is 4.74 Å². The summed E-state index contributed by atoms with van der Waals surface area (Å²) in [5.74, 6) is 1.66. The van der Waals surface area contributed by atoms with Crippen LogP contribution in [0.2, 0.25) is 0 Å². The molecule has 0 aromatic heterocycles. The van der Waals surface area contributed by atoms with Gasteiger partial charge in [0.25, 0.3) is 0 Å². The lowest BCUT2D eigenvalue weighted by atomic mass is 9.97. The smallest absolute Gasteiger partial charge is 0.191 e. The predicted octanol–water partition coefficient (Wildman–Crippen LogP) is 1.70. The Hall–Kier alpha value is -0.810. The molecule has 1 fully saturated rings. The van der Waals surface area contributed by atoms with Crippen LogP contribution in [0.1, 0.15) is 40.0 Å². The van der Waals surface area contributed by atoms with E-state index in [9.17, 15) is 0 Å². The van der Waals surface area contributed by atoms with Gasteiger partial charge in [-0.05, 0) is 58.7 Å². The molecule has 21 heavy (non-hydrogen) atoms. The average molecular weight is 298 g/mol. The zero-order chi connectivity index (χ0) is 15.3. The fraction of sp³-hybridized carbons (Fsp3) is 0.938. The van der Waals surface area contributed by atoms with Gasteiger partial charge in [0.05, 0.1) is 6.61 Å². The summed E-state index contributed by atoms with van der Waals surface area (Å²) in [6, 6.07) is 0. The van der Waals surface area contributed by atoms with E-state index in [1.807, 2.05) is 6.92 Å². The first kappa shape index (κ1) is 18.2. The van der Waals surface area contributed by atoms with Crippen LogP contribution in [0, 0.1) is 5.92 Å². The average Bonchev–Trinajstić information content (AvgIpc) is 2.51. The summed E-state index contributed by atoms with van der Waals surface area (Å²) in [6.07, 6.45) is 3.82. The van der Waals surface area contributed by atoms with Crippen LogP contribution < -0.4 is 10.6 Å². The second kappa shape index (κ2) is 11.8. The summed E-state index contributed by atoms with van der Waals surface area (Å²) in [4.78, 5) is 7.30. The van der Waals surface area contributed by atoms with Gasteiger partial charge in [0.2, 0.25) is 0 Å². The van der Waals surface area contributed by atoms with E-state index in [0.29, 0.717) is 0 Å². The number of nitrogens with one attached hydrogen (secondary N) is 2. The summed E-state index contributed by atoms with van der Waals surface area (Å²) >= 11 is 0. The second-order valence-electron chi connectivity index (χ2n) is 5.63. The predicted molar refractivity (Wildman–Crippen MR) is 89.9 cm³/mol. The normalized spacial score (nSPS) is 18.0. The molecule has 5 nitrogen and oxygen atoms in total. The van der Waals surface area contributed by atoms with Crippen molar-refractivity contribution in [3.05, 3.63) is 0 Å². The van der Waals surface area contributed by atoms with E-state index in [-0.39, 0.29) is 0 Å². The van der Waals surface area contributed by atoms with Crippen molar-refractivity contribution in [1.29, 1.82) is 0 Å². The number of piperidine rings is 1. The van der Waals surface area contributed by atoms with Crippen molar-refractivity contribution in [1.82, 2.24) is 15.5 Å². The number of nitrogens with zero attached hydrogens (tertiary/aromatic N) is 2. The first-order valence-corrected chi connectivity index (χ1v) is 8.62. The molecule has 0 bridgehead atoms. The molecule has 1 aliphatic heterocycles. The molecule has 0 radical (unpaired) electrons. The minimum atomic E-state index is 0.732. The maximum atomic E-state index is 5.34. The maximum Gasteiger partial charge on any atom is 0.191 e. The molecular formula is C16H34N4O. The van der Waals surface area contributed by atoms with Crippen LogP contribution >= 0.6 is 0 Å². The zero-order valence-corrected chi connectivity index (χ0v) is 14.2. The molecular weight excluding hydrogens is 264 g/mol. The lowest BCUT2D eigenvalue weighted by molar-refractivity contribution is 0.152. The van der Waals surface area contributed by atoms with E-state index in [0.717, 1.165) is 44.7 Å². The van der Waals surface area contributed by atoms with Gasteiger partial charge < -0.3 is 20.3 Å². The zero-order valence-electron chi connectivity index (χ0n) is 14.2. The van der Waals surface area contributed by atoms with Crippen LogP contribution in [0.3, 0.4) is 0 Å². The van der Waals surface area contributed by atoms with Crippen LogP contribution in [0.25, 0.3) is 0 Å². The molecule has 0 spiro atoms. The van der Waals surface area contributed by atoms with E-state index in [4.69, 9.17) is 9.73 Å². The first-order valence-electron chi connectivity index (χ1n) is 8.62. The largest absolute Gasteiger partial charge is 0.380 e. The van der Waals surface area contributed by atoms with Gasteiger partial charge in [-0.2, -0.15) is 0 Å². The molecule has 1 rings (SSSR count). The van der Waals surface area contributed by atoms with E-state index in [1.165, 1.54) is 38.9 Å². The number of likely N-dealkylation sites (tertiary alicyclic amines) is 1. The lowest BCUT2D eigenvalue weighted by Gasteiger charge is -2.31. The SMILES string of the molecule is CCCN1CCC(CN=C(NCC)NCCOCC)CC1. The summed E-state index contributed by atoms with van der Waals surface area (Å²) in [7, 11) is 0. The Labute approximate surface area is 130 Å². The molecule has 124 valence electrons. The van der Waals surface area contributed by atoms with E-state index in [2.05, 4.69) is 29.4 Å². The Bertz CT molecular complexity index is 275. The molecule has 0 amide bonds. The van der Waals surface area contributed by atoms with Crippen molar-refractivity contribution < 1.29 is 4.74 Å². The fourth-order valence-corrected chi connectivity index (χ4v) is 2.66. The third kappa shape index (κ3) is 8.27. The highest BCUT2D eigenvalue weighted by atomic mass is 16.5. The van der Waals surface area contributed by atoms with Crippen molar-refractivity contribution in [2.24, 2.45) is 10.9 Å². The first-order chi connectivity index (χ1) is 10.3. The van der Waals surface area contributed by atoms with Crippen LogP contribution in [-0.4, -0.2) is 63.3 Å². The number of ether oxygens (including phenoxy) is 1. The Morgan fingerprint density at radius 1 is 1.19 bits per heavy atom. The van der Waals surface area contributed by atoms with Crippen molar-refractivity contribution in [2.75, 3.05) is 52.5 Å². The number of hydrogen-bond donors (Lipinski definition) is 2. The maximum absolute atomic E-state index is 5.34. The van der Waals surface area contributed by atoms with Crippen molar-refractivity contribution in [3.63, 3.8) is 0 Å². The number of aliphatic imine (C=N–C) groups is 1. The van der Waals surface area contributed by atoms with E-state index in [1.54, 1.807) is 0 Å². The molecule has 2 N–H and O–H groups in total. The Balaban J connectivity index is 2.26. The van der Waals surface area contributed by atoms with Gasteiger partial charge in [0.15, 0.2) is 5.96 Å². The molecule has 5 heteroatoms. The Kier molecular flexibility index (Phi) is 10.3. The van der Waals surface area contributed by atoms with Gasteiger partial charge >= 0.3 is 0 Å². The fourth-order valence-electron chi connectivity index (χ4n) is 2.66. The highest BCUT2D eigenvalue weighted by molar-refractivity contribution is 5.79. The number of rotatable bonds is 9. The van der Waals surface area contributed by atoms with Gasteiger partial charge in [-0.25, -0.2) is 0 Å². The minimum Gasteiger partial charge on any atom is -0.380 e. The number of guanidine groups is 1. The van der Waals surface area contributed by atoms with Crippen molar-refractivity contribution in [3.8, 4) is 0 Å². The van der Waals surface area contributed by atoms with Crippen LogP contribution in [0.4, 0.5) is 0 Å². The van der Waals surface area contributed by atoms with Crippen LogP contribution in [0.15, 0.2) is 4.99 Å². The summed E-state index contributed by atoms with van der Waals surface area (Å²) in [6.45, 7) is 14.2. The topological polar surface area (TPSA) is 48.9 Å². The second-order valence-corrected chi connectivity index (χ2v) is 5.63. The minimum absolute atomic E-state index is 0.732. The molecule has 0 saturated carbocycles. The molecule has 0 unspecified atom stereocenters. The van der Waals surface area contributed by atoms with Gasteiger partial charge in [0.1, 0.15) is 0 Å². The van der Waals surface area contributed by atoms with Gasteiger partial charge in [-0.1, -0.05) is 6.92 Å². The molecule has 0 aliphatic carbocycles. The molecule has 1 aliphatic rings. The Morgan fingerprint density at radius 2 is 1.95 bits per heavy atom. The highest BCUT2D eigenvalue weighted by Crippen LogP contribution is 2.17. The third-order valence-corrected chi connectivity index (χ3v) is 3.84. The third-order valence-electron chi connectivity index (χ3n) is 3.84. The van der Waals surface area contributed by atoms with Gasteiger partial charge in [0, 0.05) is 26.2 Å². The highest BCUT2D eigenvalue weighted by Gasteiger charge is 2.18. The molecule has 0 atom stereocenters. The Morgan fingerprint density at radius 3 is 2.57 bits per heavy atom. The quantitative estimate of drug-likeness (QED) is 0.386.